The number of nitrogens with zero attached hydrogens (tertiary/aromatic N) is 2. The quantitative estimate of drug-likeness (QED) is 0.694. The number of hydrogen-bond acceptors (Lipinski definition) is 3. The van der Waals surface area contributed by atoms with Gasteiger partial charge < -0.3 is 10.2 Å². The van der Waals surface area contributed by atoms with Crippen molar-refractivity contribution >= 4 is 0 Å². The lowest BCUT2D eigenvalue weighted by Gasteiger charge is -2.20. The molecule has 19 heavy (non-hydrogen) atoms. The van der Waals surface area contributed by atoms with Gasteiger partial charge in [0.25, 0.3) is 0 Å². The smallest absolute Gasteiger partial charge is 0.0544 e. The molecule has 0 radical (unpaired) electrons. The van der Waals surface area contributed by atoms with Crippen LogP contribution in [0.5, 0.6) is 0 Å². The molecule has 108 valence electrons. The highest BCUT2D eigenvalue weighted by Crippen LogP contribution is 2.07. The minimum atomic E-state index is 0.752. The highest BCUT2D eigenvalue weighted by molar-refractivity contribution is 5.13. The van der Waals surface area contributed by atoms with Crippen LogP contribution >= 0.6 is 0 Å². The van der Waals surface area contributed by atoms with Gasteiger partial charge in [-0.05, 0) is 37.6 Å². The zero-order chi connectivity index (χ0) is 14.1. The molecule has 1 aromatic heterocycles. The molecular weight excluding hydrogens is 234 g/mol. The van der Waals surface area contributed by atoms with Crippen LogP contribution in [0.2, 0.25) is 0 Å². The van der Waals surface area contributed by atoms with E-state index in [1.807, 2.05) is 6.20 Å². The van der Waals surface area contributed by atoms with Crippen LogP contribution in [0.3, 0.4) is 0 Å². The summed E-state index contributed by atoms with van der Waals surface area (Å²) in [6.45, 7) is 10.8. The van der Waals surface area contributed by atoms with Crippen molar-refractivity contribution < 1.29 is 0 Å². The van der Waals surface area contributed by atoms with Gasteiger partial charge in [-0.15, -0.1) is 0 Å². The molecule has 1 aromatic rings. The average molecular weight is 263 g/mol. The number of aromatic nitrogens is 1. The molecule has 0 aliphatic heterocycles. The first-order valence-electron chi connectivity index (χ1n) is 7.48. The topological polar surface area (TPSA) is 28.2 Å². The van der Waals surface area contributed by atoms with E-state index in [1.165, 1.54) is 18.4 Å². The standard InChI is InChI=1S/C16H29N3/c1-5-9-17-10-15-7-8-16(18-11-15)13-19(4)12-14(3)6-2/h7-8,11,14,17H,5-6,9-10,12-13H2,1-4H3. The van der Waals surface area contributed by atoms with Crippen molar-refractivity contribution in [3.63, 3.8) is 0 Å². The van der Waals surface area contributed by atoms with Crippen LogP contribution in [0.4, 0.5) is 0 Å². The summed E-state index contributed by atoms with van der Waals surface area (Å²) in [6, 6.07) is 4.33. The first-order valence-corrected chi connectivity index (χ1v) is 7.48. The fraction of sp³-hybridized carbons (Fsp3) is 0.688. The largest absolute Gasteiger partial charge is 0.313 e. The summed E-state index contributed by atoms with van der Waals surface area (Å²) in [5.41, 5.74) is 2.42. The van der Waals surface area contributed by atoms with E-state index >= 15 is 0 Å². The molecule has 0 spiro atoms. The molecule has 1 N–H and O–H groups in total. The Bertz CT molecular complexity index is 334. The summed E-state index contributed by atoms with van der Waals surface area (Å²) < 4.78 is 0. The third-order valence-corrected chi connectivity index (χ3v) is 3.39. The zero-order valence-electron chi connectivity index (χ0n) is 12.9. The molecule has 3 heteroatoms. The van der Waals surface area contributed by atoms with Crippen molar-refractivity contribution in [1.82, 2.24) is 15.2 Å². The molecule has 1 heterocycles. The van der Waals surface area contributed by atoms with Crippen LogP contribution in [-0.2, 0) is 13.1 Å². The number of pyridine rings is 1. The Morgan fingerprint density at radius 1 is 1.32 bits per heavy atom. The molecule has 1 atom stereocenters. The Balaban J connectivity index is 2.38. The average Bonchev–Trinajstić information content (AvgIpc) is 2.40. The molecule has 0 saturated heterocycles. The van der Waals surface area contributed by atoms with Crippen molar-refractivity contribution in [1.29, 1.82) is 0 Å². The van der Waals surface area contributed by atoms with E-state index in [4.69, 9.17) is 0 Å². The van der Waals surface area contributed by atoms with E-state index in [9.17, 15) is 0 Å². The summed E-state index contributed by atoms with van der Waals surface area (Å²) in [5, 5.41) is 3.39. The fourth-order valence-electron chi connectivity index (χ4n) is 2.06. The molecule has 3 nitrogen and oxygen atoms in total. The highest BCUT2D eigenvalue weighted by atomic mass is 15.1. The van der Waals surface area contributed by atoms with E-state index in [0.717, 1.165) is 37.8 Å². The molecule has 0 aliphatic rings. The molecule has 1 unspecified atom stereocenters. The summed E-state index contributed by atoms with van der Waals surface area (Å²) in [7, 11) is 2.17. The fourth-order valence-corrected chi connectivity index (χ4v) is 2.06. The number of nitrogens with one attached hydrogen (secondary N) is 1. The predicted molar refractivity (Wildman–Crippen MR) is 82.0 cm³/mol. The SMILES string of the molecule is CCCNCc1ccc(CN(C)CC(C)CC)nc1. The highest BCUT2D eigenvalue weighted by Gasteiger charge is 2.06. The van der Waals surface area contributed by atoms with Gasteiger partial charge in [0.1, 0.15) is 0 Å². The molecule has 0 aliphatic carbocycles. The monoisotopic (exact) mass is 263 g/mol. The summed E-state index contributed by atoms with van der Waals surface area (Å²) >= 11 is 0. The molecule has 0 saturated carbocycles. The van der Waals surface area contributed by atoms with Gasteiger partial charge in [-0.1, -0.05) is 33.3 Å². The molecule has 0 bridgehead atoms. The van der Waals surface area contributed by atoms with E-state index < -0.39 is 0 Å². The summed E-state index contributed by atoms with van der Waals surface area (Å²) in [6.07, 6.45) is 4.40. The number of hydrogen-bond donors (Lipinski definition) is 1. The zero-order valence-corrected chi connectivity index (χ0v) is 12.9. The maximum atomic E-state index is 4.55. The van der Waals surface area contributed by atoms with Crippen LogP contribution in [0.15, 0.2) is 18.3 Å². The van der Waals surface area contributed by atoms with Crippen LogP contribution < -0.4 is 5.32 Å². The second-order valence-corrected chi connectivity index (χ2v) is 5.54. The minimum Gasteiger partial charge on any atom is -0.313 e. The molecule has 0 aromatic carbocycles. The Morgan fingerprint density at radius 2 is 2.11 bits per heavy atom. The summed E-state index contributed by atoms with van der Waals surface area (Å²) in [4.78, 5) is 6.90. The second-order valence-electron chi connectivity index (χ2n) is 5.54. The summed E-state index contributed by atoms with van der Waals surface area (Å²) in [5.74, 6) is 0.752. The minimum absolute atomic E-state index is 0.752. The number of rotatable bonds is 9. The van der Waals surface area contributed by atoms with Crippen molar-refractivity contribution in [2.45, 2.75) is 46.7 Å². The van der Waals surface area contributed by atoms with E-state index in [2.05, 4.69) is 55.2 Å². The van der Waals surface area contributed by atoms with Crippen molar-refractivity contribution in [2.24, 2.45) is 5.92 Å². The van der Waals surface area contributed by atoms with Gasteiger partial charge >= 0.3 is 0 Å². The Morgan fingerprint density at radius 3 is 2.68 bits per heavy atom. The van der Waals surface area contributed by atoms with Crippen molar-refractivity contribution in [3.05, 3.63) is 29.6 Å². The van der Waals surface area contributed by atoms with Gasteiger partial charge in [0.05, 0.1) is 5.69 Å². The Labute approximate surface area is 118 Å². The van der Waals surface area contributed by atoms with Crippen molar-refractivity contribution in [3.8, 4) is 0 Å². The maximum Gasteiger partial charge on any atom is 0.0544 e. The first kappa shape index (κ1) is 16.1. The lowest BCUT2D eigenvalue weighted by Crippen LogP contribution is -2.24. The molecule has 0 fully saturated rings. The molecular formula is C16H29N3. The van der Waals surface area contributed by atoms with Gasteiger partial charge in [-0.25, -0.2) is 0 Å². The van der Waals surface area contributed by atoms with Gasteiger partial charge in [-0.2, -0.15) is 0 Å². The third kappa shape index (κ3) is 6.69. The lowest BCUT2D eigenvalue weighted by molar-refractivity contribution is 0.272. The van der Waals surface area contributed by atoms with Crippen LogP contribution in [-0.4, -0.2) is 30.0 Å². The van der Waals surface area contributed by atoms with Crippen molar-refractivity contribution in [2.75, 3.05) is 20.1 Å². The van der Waals surface area contributed by atoms with E-state index in [1.54, 1.807) is 0 Å². The van der Waals surface area contributed by atoms with Gasteiger partial charge in [0.15, 0.2) is 0 Å². The molecule has 1 rings (SSSR count). The van der Waals surface area contributed by atoms with Gasteiger partial charge in [-0.3, -0.25) is 4.98 Å². The normalized spacial score (nSPS) is 12.9. The maximum absolute atomic E-state index is 4.55. The molecule has 0 amide bonds. The van der Waals surface area contributed by atoms with Crippen LogP contribution in [0.25, 0.3) is 0 Å². The first-order chi connectivity index (χ1) is 9.15. The Kier molecular flexibility index (Phi) is 7.68. The van der Waals surface area contributed by atoms with Crippen LogP contribution in [0, 0.1) is 5.92 Å². The Hall–Kier alpha value is -0.930. The third-order valence-electron chi connectivity index (χ3n) is 3.39. The second kappa shape index (κ2) is 9.05. The lowest BCUT2D eigenvalue weighted by atomic mass is 10.1. The van der Waals surface area contributed by atoms with E-state index in [0.29, 0.717) is 0 Å². The predicted octanol–water partition coefficient (Wildman–Crippen LogP) is 3.06. The van der Waals surface area contributed by atoms with Gasteiger partial charge in [0, 0.05) is 25.8 Å². The van der Waals surface area contributed by atoms with E-state index in [-0.39, 0.29) is 0 Å². The van der Waals surface area contributed by atoms with Gasteiger partial charge in [0.2, 0.25) is 0 Å². The van der Waals surface area contributed by atoms with Crippen LogP contribution in [0.1, 0.15) is 44.9 Å².